The van der Waals surface area contributed by atoms with Crippen molar-refractivity contribution in [2.75, 3.05) is 32.6 Å². The summed E-state index contributed by atoms with van der Waals surface area (Å²) in [6.45, 7) is 1.08. The summed E-state index contributed by atoms with van der Waals surface area (Å²) in [6, 6.07) is 16.1. The minimum absolute atomic E-state index is 0.0119. The zero-order chi connectivity index (χ0) is 23.2. The highest BCUT2D eigenvalue weighted by molar-refractivity contribution is 7.12. The fourth-order valence-corrected chi connectivity index (χ4v) is 4.47. The van der Waals surface area contributed by atoms with Crippen LogP contribution in [-0.4, -0.2) is 44.0 Å². The van der Waals surface area contributed by atoms with Crippen molar-refractivity contribution >= 4 is 28.8 Å². The molecule has 2 aromatic carbocycles. The van der Waals surface area contributed by atoms with Gasteiger partial charge in [-0.1, -0.05) is 6.07 Å². The molecule has 8 heteroatoms. The van der Waals surface area contributed by atoms with E-state index >= 15 is 0 Å². The van der Waals surface area contributed by atoms with Crippen LogP contribution in [0.5, 0.6) is 23.0 Å². The maximum absolute atomic E-state index is 13.0. The number of nitrogens with zero attached hydrogens (tertiary/aromatic N) is 1. The van der Waals surface area contributed by atoms with Gasteiger partial charge in [-0.3, -0.25) is 9.59 Å². The smallest absolute Gasteiger partial charge is 0.263 e. The third kappa shape index (κ3) is 5.46. The second-order valence-electron chi connectivity index (χ2n) is 7.70. The monoisotopic (exact) mass is 466 g/mol. The van der Waals surface area contributed by atoms with E-state index in [9.17, 15) is 9.59 Å². The first-order chi connectivity index (χ1) is 16.1. The van der Waals surface area contributed by atoms with Crippen LogP contribution in [0.15, 0.2) is 60.0 Å². The number of hydrogen-bond acceptors (Lipinski definition) is 6. The van der Waals surface area contributed by atoms with Gasteiger partial charge in [-0.15, -0.1) is 11.3 Å². The molecule has 1 aromatic heterocycles. The summed E-state index contributed by atoms with van der Waals surface area (Å²) in [5.74, 6) is 1.99. The van der Waals surface area contributed by atoms with Gasteiger partial charge in [0, 0.05) is 24.8 Å². The lowest BCUT2D eigenvalue weighted by Gasteiger charge is -2.31. The molecule has 3 aromatic rings. The summed E-state index contributed by atoms with van der Waals surface area (Å²) in [4.78, 5) is 28.1. The van der Waals surface area contributed by atoms with Crippen molar-refractivity contribution in [3.63, 3.8) is 0 Å². The summed E-state index contributed by atoms with van der Waals surface area (Å²) >= 11 is 1.42. The summed E-state index contributed by atoms with van der Waals surface area (Å²) in [6.07, 6.45) is 1.54. The average Bonchev–Trinajstić information content (AvgIpc) is 3.39. The minimum Gasteiger partial charge on any atom is -0.497 e. The number of piperidine rings is 1. The molecule has 0 saturated carbocycles. The van der Waals surface area contributed by atoms with Crippen LogP contribution in [0.3, 0.4) is 0 Å². The van der Waals surface area contributed by atoms with Crippen LogP contribution < -0.4 is 19.5 Å². The molecule has 172 valence electrons. The van der Waals surface area contributed by atoms with Crippen molar-refractivity contribution in [2.24, 2.45) is 5.92 Å². The molecule has 0 radical (unpaired) electrons. The standard InChI is InChI=1S/C25H26N2O5S/c1-30-19-8-10-20(11-9-19)32-22-15-18(7-12-21(22)31-2)26-24(28)17-5-3-13-27(16-17)25(29)23-6-4-14-33-23/h4,6-12,14-15,17H,3,5,13,16H2,1-2H3,(H,26,28)/t17-/m1/s1. The highest BCUT2D eigenvalue weighted by Gasteiger charge is 2.29. The molecule has 1 aliphatic rings. The third-order valence-corrected chi connectivity index (χ3v) is 6.39. The highest BCUT2D eigenvalue weighted by Crippen LogP contribution is 2.35. The Kier molecular flexibility index (Phi) is 7.14. The summed E-state index contributed by atoms with van der Waals surface area (Å²) in [7, 11) is 3.17. The lowest BCUT2D eigenvalue weighted by molar-refractivity contribution is -0.121. The van der Waals surface area contributed by atoms with Crippen LogP contribution in [0.4, 0.5) is 5.69 Å². The van der Waals surface area contributed by atoms with E-state index in [1.807, 2.05) is 17.5 Å². The molecule has 33 heavy (non-hydrogen) atoms. The van der Waals surface area contributed by atoms with Gasteiger partial charge in [0.2, 0.25) is 5.91 Å². The molecule has 2 amide bonds. The van der Waals surface area contributed by atoms with Crippen LogP contribution in [0.1, 0.15) is 22.5 Å². The van der Waals surface area contributed by atoms with E-state index in [1.165, 1.54) is 11.3 Å². The number of ether oxygens (including phenoxy) is 3. The number of likely N-dealkylation sites (tertiary alicyclic amines) is 1. The van der Waals surface area contributed by atoms with Gasteiger partial charge in [0.15, 0.2) is 11.5 Å². The number of carbonyl (C=O) groups is 2. The van der Waals surface area contributed by atoms with E-state index in [0.717, 1.165) is 18.6 Å². The van der Waals surface area contributed by atoms with E-state index in [0.29, 0.717) is 40.9 Å². The second kappa shape index (κ2) is 10.4. The van der Waals surface area contributed by atoms with Gasteiger partial charge in [0.1, 0.15) is 11.5 Å². The highest BCUT2D eigenvalue weighted by atomic mass is 32.1. The topological polar surface area (TPSA) is 77.1 Å². The molecule has 7 nitrogen and oxygen atoms in total. The summed E-state index contributed by atoms with van der Waals surface area (Å²) in [5, 5.41) is 4.86. The lowest BCUT2D eigenvalue weighted by atomic mass is 9.97. The van der Waals surface area contributed by atoms with Gasteiger partial charge in [0.25, 0.3) is 5.91 Å². The Morgan fingerprint density at radius 1 is 1.00 bits per heavy atom. The number of thiophene rings is 1. The predicted octanol–water partition coefficient (Wildman–Crippen LogP) is 5.05. The quantitative estimate of drug-likeness (QED) is 0.527. The Morgan fingerprint density at radius 3 is 2.48 bits per heavy atom. The average molecular weight is 467 g/mol. The maximum atomic E-state index is 13.0. The van der Waals surface area contributed by atoms with Gasteiger partial charge >= 0.3 is 0 Å². The lowest BCUT2D eigenvalue weighted by Crippen LogP contribution is -2.43. The number of carbonyl (C=O) groups excluding carboxylic acids is 2. The van der Waals surface area contributed by atoms with Crippen LogP contribution in [0.25, 0.3) is 0 Å². The number of benzene rings is 2. The molecule has 1 saturated heterocycles. The number of rotatable bonds is 7. The molecule has 1 atom stereocenters. The Hall–Kier alpha value is -3.52. The van der Waals surface area contributed by atoms with Crippen LogP contribution in [-0.2, 0) is 4.79 Å². The van der Waals surface area contributed by atoms with Crippen molar-refractivity contribution < 1.29 is 23.8 Å². The molecule has 0 aliphatic carbocycles. The van der Waals surface area contributed by atoms with E-state index in [2.05, 4.69) is 5.32 Å². The first-order valence-corrected chi connectivity index (χ1v) is 11.6. The molecule has 2 heterocycles. The van der Waals surface area contributed by atoms with Crippen LogP contribution in [0.2, 0.25) is 0 Å². The normalized spacial score (nSPS) is 15.6. The van der Waals surface area contributed by atoms with E-state index in [1.54, 1.807) is 61.6 Å². The summed E-state index contributed by atoms with van der Waals surface area (Å²) in [5.41, 5.74) is 0.603. The molecule has 0 bridgehead atoms. The molecular formula is C25H26N2O5S. The summed E-state index contributed by atoms with van der Waals surface area (Å²) < 4.78 is 16.6. The van der Waals surface area contributed by atoms with Crippen molar-refractivity contribution in [1.29, 1.82) is 0 Å². The molecule has 1 N–H and O–H groups in total. The van der Waals surface area contributed by atoms with Gasteiger partial charge in [0.05, 0.1) is 25.0 Å². The van der Waals surface area contributed by atoms with Gasteiger partial charge < -0.3 is 24.4 Å². The molecular weight excluding hydrogens is 440 g/mol. The Morgan fingerprint density at radius 2 is 1.79 bits per heavy atom. The largest absolute Gasteiger partial charge is 0.497 e. The third-order valence-electron chi connectivity index (χ3n) is 5.53. The molecule has 4 rings (SSSR count). The number of hydrogen-bond donors (Lipinski definition) is 1. The number of nitrogens with one attached hydrogen (secondary N) is 1. The first-order valence-electron chi connectivity index (χ1n) is 10.7. The molecule has 1 aliphatic heterocycles. The van der Waals surface area contributed by atoms with Gasteiger partial charge in [-0.05, 0) is 60.7 Å². The van der Waals surface area contributed by atoms with Crippen molar-refractivity contribution in [2.45, 2.75) is 12.8 Å². The van der Waals surface area contributed by atoms with Crippen LogP contribution >= 0.6 is 11.3 Å². The fourth-order valence-electron chi connectivity index (χ4n) is 3.78. The van der Waals surface area contributed by atoms with E-state index < -0.39 is 0 Å². The first kappa shape index (κ1) is 22.7. The Balaban J connectivity index is 1.43. The molecule has 1 fully saturated rings. The van der Waals surface area contributed by atoms with Crippen molar-refractivity contribution in [3.8, 4) is 23.0 Å². The van der Waals surface area contributed by atoms with Crippen molar-refractivity contribution in [3.05, 3.63) is 64.9 Å². The van der Waals surface area contributed by atoms with E-state index in [-0.39, 0.29) is 17.7 Å². The SMILES string of the molecule is COc1ccc(Oc2cc(NC(=O)[C@@H]3CCCN(C(=O)c4cccs4)C3)ccc2OC)cc1. The molecule has 0 spiro atoms. The number of anilines is 1. The number of methoxy groups -OCH3 is 2. The Bertz CT molecular complexity index is 1100. The van der Waals surface area contributed by atoms with E-state index in [4.69, 9.17) is 14.2 Å². The Labute approximate surface area is 196 Å². The van der Waals surface area contributed by atoms with Gasteiger partial charge in [-0.2, -0.15) is 0 Å². The predicted molar refractivity (Wildman–Crippen MR) is 128 cm³/mol. The second-order valence-corrected chi connectivity index (χ2v) is 8.65. The molecule has 0 unspecified atom stereocenters. The van der Waals surface area contributed by atoms with Crippen LogP contribution in [0, 0.1) is 5.92 Å². The zero-order valence-corrected chi connectivity index (χ0v) is 19.4. The minimum atomic E-state index is -0.268. The number of amides is 2. The fraction of sp³-hybridized carbons (Fsp3) is 0.280. The van der Waals surface area contributed by atoms with Gasteiger partial charge in [-0.25, -0.2) is 0 Å². The maximum Gasteiger partial charge on any atom is 0.263 e. The van der Waals surface area contributed by atoms with Crippen molar-refractivity contribution in [1.82, 2.24) is 4.90 Å². The zero-order valence-electron chi connectivity index (χ0n) is 18.6.